The van der Waals surface area contributed by atoms with E-state index in [1.165, 1.54) is 6.07 Å². The predicted molar refractivity (Wildman–Crippen MR) is 71.8 cm³/mol. The zero-order chi connectivity index (χ0) is 15.0. The van der Waals surface area contributed by atoms with Gasteiger partial charge < -0.3 is 4.74 Å². The first-order valence-corrected chi connectivity index (χ1v) is 6.82. The molecular formula is C15H20F3NO. The van der Waals surface area contributed by atoms with Gasteiger partial charge in [0.1, 0.15) is 16.9 Å². The first kappa shape index (κ1) is 15.2. The van der Waals surface area contributed by atoms with Gasteiger partial charge in [0.2, 0.25) is 0 Å². The number of para-hydroxylation sites is 1. The Kier molecular flexibility index (Phi) is 3.75. The van der Waals surface area contributed by atoms with Gasteiger partial charge in [0, 0.05) is 12.0 Å². The Bertz CT molecular complexity index is 484. The molecule has 5 heteroatoms. The second-order valence-corrected chi connectivity index (χ2v) is 5.86. The summed E-state index contributed by atoms with van der Waals surface area (Å²) in [6.45, 7) is 5.55. The molecule has 0 fully saturated rings. The van der Waals surface area contributed by atoms with E-state index in [1.807, 2.05) is 6.92 Å². The molecule has 0 aliphatic carbocycles. The average Bonchev–Trinajstić information content (AvgIpc) is 2.33. The van der Waals surface area contributed by atoms with Gasteiger partial charge in [-0.3, -0.25) is 5.32 Å². The van der Waals surface area contributed by atoms with Crippen LogP contribution >= 0.6 is 0 Å². The van der Waals surface area contributed by atoms with Crippen molar-refractivity contribution >= 4 is 0 Å². The number of alkyl halides is 3. The van der Waals surface area contributed by atoms with Crippen molar-refractivity contribution in [1.82, 2.24) is 5.32 Å². The van der Waals surface area contributed by atoms with E-state index >= 15 is 0 Å². The molecule has 0 saturated heterocycles. The van der Waals surface area contributed by atoms with Gasteiger partial charge in [-0.25, -0.2) is 0 Å². The first-order valence-electron chi connectivity index (χ1n) is 6.82. The highest BCUT2D eigenvalue weighted by atomic mass is 19.4. The molecule has 112 valence electrons. The molecule has 1 aliphatic rings. The zero-order valence-corrected chi connectivity index (χ0v) is 12.0. The van der Waals surface area contributed by atoms with Crippen LogP contribution in [-0.2, 0) is 5.54 Å². The Hall–Kier alpha value is -1.23. The molecule has 0 bridgehead atoms. The molecule has 0 radical (unpaired) electrons. The Morgan fingerprint density at radius 2 is 1.90 bits per heavy atom. The summed E-state index contributed by atoms with van der Waals surface area (Å²) in [4.78, 5) is 0. The zero-order valence-electron chi connectivity index (χ0n) is 12.0. The van der Waals surface area contributed by atoms with Gasteiger partial charge in [-0.15, -0.1) is 0 Å². The molecular weight excluding hydrogens is 267 g/mol. The van der Waals surface area contributed by atoms with Crippen LogP contribution in [0.25, 0.3) is 0 Å². The molecule has 1 aromatic carbocycles. The van der Waals surface area contributed by atoms with Crippen LogP contribution in [0, 0.1) is 0 Å². The number of benzene rings is 1. The van der Waals surface area contributed by atoms with Crippen molar-refractivity contribution in [2.75, 3.05) is 6.54 Å². The summed E-state index contributed by atoms with van der Waals surface area (Å²) in [5, 5.41) is 2.73. The number of hydrogen-bond acceptors (Lipinski definition) is 2. The summed E-state index contributed by atoms with van der Waals surface area (Å²) in [7, 11) is 0. The molecule has 2 nitrogen and oxygen atoms in total. The standard InChI is InChI=1S/C15H20F3NO/c1-4-9-19-14(15(16,17)18)10-13(2,3)20-12-8-6-5-7-11(12)14/h5-8,19H,4,9-10H2,1-3H3. The van der Waals surface area contributed by atoms with Gasteiger partial charge in [-0.2, -0.15) is 13.2 Å². The summed E-state index contributed by atoms with van der Waals surface area (Å²) in [5.41, 5.74) is -2.73. The molecule has 0 aromatic heterocycles. The summed E-state index contributed by atoms with van der Waals surface area (Å²) in [6.07, 6.45) is -3.87. The van der Waals surface area contributed by atoms with Crippen LogP contribution in [0.5, 0.6) is 5.75 Å². The Labute approximate surface area is 117 Å². The van der Waals surface area contributed by atoms with Crippen LogP contribution in [0.2, 0.25) is 0 Å². The van der Waals surface area contributed by atoms with E-state index in [0.29, 0.717) is 18.7 Å². The third-order valence-corrected chi connectivity index (χ3v) is 3.58. The fourth-order valence-corrected chi connectivity index (χ4v) is 2.83. The molecule has 0 saturated carbocycles. The summed E-state index contributed by atoms with van der Waals surface area (Å²) < 4.78 is 47.2. The lowest BCUT2D eigenvalue weighted by Gasteiger charge is -2.47. The smallest absolute Gasteiger partial charge is 0.411 e. The fraction of sp³-hybridized carbons (Fsp3) is 0.600. The van der Waals surface area contributed by atoms with Gasteiger partial charge in [-0.1, -0.05) is 25.1 Å². The quantitative estimate of drug-likeness (QED) is 0.907. The molecule has 1 aliphatic heterocycles. The Morgan fingerprint density at radius 1 is 1.25 bits per heavy atom. The summed E-state index contributed by atoms with van der Waals surface area (Å²) in [6, 6.07) is 6.42. The SMILES string of the molecule is CCCNC1(C(F)(F)F)CC(C)(C)Oc2ccccc21. The van der Waals surface area contributed by atoms with E-state index in [4.69, 9.17) is 4.74 Å². The normalized spacial score (nSPS) is 24.9. The third kappa shape index (κ3) is 2.51. The molecule has 0 spiro atoms. The first-order chi connectivity index (χ1) is 9.22. The van der Waals surface area contributed by atoms with Gasteiger partial charge in [0.05, 0.1) is 0 Å². The van der Waals surface area contributed by atoms with Crippen LogP contribution in [-0.4, -0.2) is 18.3 Å². The van der Waals surface area contributed by atoms with E-state index < -0.39 is 17.3 Å². The van der Waals surface area contributed by atoms with Crippen molar-refractivity contribution in [3.63, 3.8) is 0 Å². The van der Waals surface area contributed by atoms with E-state index in [0.717, 1.165) is 0 Å². The number of nitrogens with one attached hydrogen (secondary N) is 1. The number of fused-ring (bicyclic) bond motifs is 1. The maximum absolute atomic E-state index is 13.8. The average molecular weight is 287 g/mol. The summed E-state index contributed by atoms with van der Waals surface area (Å²) in [5.74, 6) is 0.310. The van der Waals surface area contributed by atoms with E-state index in [1.54, 1.807) is 32.0 Å². The molecule has 1 N–H and O–H groups in total. The van der Waals surface area contributed by atoms with Crippen molar-refractivity contribution < 1.29 is 17.9 Å². The lowest BCUT2D eigenvalue weighted by Crippen LogP contribution is -2.60. The topological polar surface area (TPSA) is 21.3 Å². The maximum Gasteiger partial charge on any atom is 0.411 e. The predicted octanol–water partition coefficient (Wildman–Crippen LogP) is 4.00. The molecule has 20 heavy (non-hydrogen) atoms. The molecule has 2 rings (SSSR count). The minimum absolute atomic E-state index is 0.138. The molecule has 1 unspecified atom stereocenters. The van der Waals surface area contributed by atoms with Crippen LogP contribution in [0.3, 0.4) is 0 Å². The van der Waals surface area contributed by atoms with E-state index in [2.05, 4.69) is 5.32 Å². The summed E-state index contributed by atoms with van der Waals surface area (Å²) >= 11 is 0. The second-order valence-electron chi connectivity index (χ2n) is 5.86. The molecule has 1 heterocycles. The maximum atomic E-state index is 13.8. The van der Waals surface area contributed by atoms with Gasteiger partial charge in [-0.05, 0) is 32.9 Å². The van der Waals surface area contributed by atoms with Crippen LogP contribution < -0.4 is 10.1 Å². The Morgan fingerprint density at radius 3 is 2.50 bits per heavy atom. The number of halogens is 3. The number of ether oxygens (including phenoxy) is 1. The molecule has 1 aromatic rings. The Balaban J connectivity index is 2.59. The second kappa shape index (κ2) is 4.95. The van der Waals surface area contributed by atoms with Crippen LogP contribution in [0.4, 0.5) is 13.2 Å². The van der Waals surface area contributed by atoms with Gasteiger partial charge >= 0.3 is 6.18 Å². The lowest BCUT2D eigenvalue weighted by molar-refractivity contribution is -0.219. The van der Waals surface area contributed by atoms with Crippen LogP contribution in [0.1, 0.15) is 39.2 Å². The number of rotatable bonds is 3. The third-order valence-electron chi connectivity index (χ3n) is 3.58. The lowest BCUT2D eigenvalue weighted by atomic mass is 9.77. The van der Waals surface area contributed by atoms with Crippen molar-refractivity contribution in [3.8, 4) is 5.75 Å². The van der Waals surface area contributed by atoms with Crippen molar-refractivity contribution in [2.24, 2.45) is 0 Å². The van der Waals surface area contributed by atoms with Crippen LogP contribution in [0.15, 0.2) is 24.3 Å². The van der Waals surface area contributed by atoms with Gasteiger partial charge in [0.15, 0.2) is 0 Å². The van der Waals surface area contributed by atoms with Crippen molar-refractivity contribution in [2.45, 2.75) is 50.9 Å². The minimum Gasteiger partial charge on any atom is -0.487 e. The van der Waals surface area contributed by atoms with Gasteiger partial charge in [0.25, 0.3) is 0 Å². The fourth-order valence-electron chi connectivity index (χ4n) is 2.83. The van der Waals surface area contributed by atoms with E-state index in [9.17, 15) is 13.2 Å². The highest BCUT2D eigenvalue weighted by molar-refractivity contribution is 5.43. The van der Waals surface area contributed by atoms with Crippen molar-refractivity contribution in [1.29, 1.82) is 0 Å². The minimum atomic E-state index is -4.38. The van der Waals surface area contributed by atoms with Crippen molar-refractivity contribution in [3.05, 3.63) is 29.8 Å². The highest BCUT2D eigenvalue weighted by Crippen LogP contribution is 2.51. The largest absolute Gasteiger partial charge is 0.487 e. The molecule has 0 amide bonds. The van der Waals surface area contributed by atoms with E-state index in [-0.39, 0.29) is 12.0 Å². The number of hydrogen-bond donors (Lipinski definition) is 1. The highest BCUT2D eigenvalue weighted by Gasteiger charge is 2.61. The monoisotopic (exact) mass is 287 g/mol. The molecule has 1 atom stereocenters.